The van der Waals surface area contributed by atoms with E-state index in [9.17, 15) is 4.79 Å². The van der Waals surface area contributed by atoms with Crippen molar-refractivity contribution in [3.63, 3.8) is 0 Å². The topological polar surface area (TPSA) is 72.1 Å². The molecule has 0 aliphatic rings. The highest BCUT2D eigenvalue weighted by Crippen LogP contribution is 2.08. The molecule has 2 heterocycles. The van der Waals surface area contributed by atoms with Gasteiger partial charge in [-0.2, -0.15) is 5.10 Å². The fourth-order valence-corrected chi connectivity index (χ4v) is 1.89. The van der Waals surface area contributed by atoms with Gasteiger partial charge in [-0.25, -0.2) is 4.79 Å². The van der Waals surface area contributed by atoms with Crippen LogP contribution in [0.15, 0.2) is 28.9 Å². The summed E-state index contributed by atoms with van der Waals surface area (Å²) >= 11 is 0. The van der Waals surface area contributed by atoms with E-state index in [1.165, 1.54) is 0 Å². The molecule has 1 atom stereocenters. The number of hydrogen-bond acceptors (Lipinski definition) is 3. The minimum atomic E-state index is -0.248. The number of amides is 2. The van der Waals surface area contributed by atoms with Crippen molar-refractivity contribution in [2.24, 2.45) is 7.05 Å². The van der Waals surface area contributed by atoms with Crippen molar-refractivity contribution in [1.82, 2.24) is 15.1 Å². The lowest BCUT2D eigenvalue weighted by molar-refractivity contribution is 0.248. The lowest BCUT2D eigenvalue weighted by atomic mass is 10.2. The number of nitrogens with zero attached hydrogens (tertiary/aromatic N) is 2. The second kappa shape index (κ2) is 5.60. The molecule has 0 saturated heterocycles. The minimum Gasteiger partial charge on any atom is -0.469 e. The molecule has 2 N–H and O–H groups in total. The van der Waals surface area contributed by atoms with Gasteiger partial charge in [0, 0.05) is 25.6 Å². The number of furan rings is 1. The van der Waals surface area contributed by atoms with E-state index in [0.29, 0.717) is 12.2 Å². The molecule has 0 saturated carbocycles. The minimum absolute atomic E-state index is 0.0134. The van der Waals surface area contributed by atoms with Crippen LogP contribution in [-0.4, -0.2) is 21.9 Å². The fraction of sp³-hybridized carbons (Fsp3) is 0.385. The van der Waals surface area contributed by atoms with Gasteiger partial charge < -0.3 is 9.73 Å². The third kappa shape index (κ3) is 3.61. The van der Waals surface area contributed by atoms with Gasteiger partial charge in [0.2, 0.25) is 0 Å². The standard InChI is InChI=1S/C13H18N4O2/c1-9(7-11-5-4-6-19-11)14-13(18)15-12-8-10(2)16-17(12)3/h4-6,8-9H,7H2,1-3H3,(H2,14,15,18)/t9-/m0/s1. The van der Waals surface area contributed by atoms with Crippen LogP contribution in [0.5, 0.6) is 0 Å². The first kappa shape index (κ1) is 13.2. The van der Waals surface area contributed by atoms with Gasteiger partial charge in [0.25, 0.3) is 0 Å². The molecule has 6 nitrogen and oxygen atoms in total. The van der Waals surface area contributed by atoms with Crippen molar-refractivity contribution in [2.45, 2.75) is 26.3 Å². The summed E-state index contributed by atoms with van der Waals surface area (Å²) in [7, 11) is 1.79. The lowest BCUT2D eigenvalue weighted by Crippen LogP contribution is -2.37. The number of urea groups is 1. The summed E-state index contributed by atoms with van der Waals surface area (Å²) in [5.41, 5.74) is 0.862. The average molecular weight is 262 g/mol. The van der Waals surface area contributed by atoms with E-state index in [4.69, 9.17) is 4.42 Å². The molecule has 6 heteroatoms. The Kier molecular flexibility index (Phi) is 3.89. The summed E-state index contributed by atoms with van der Waals surface area (Å²) in [6.07, 6.45) is 2.28. The van der Waals surface area contributed by atoms with Crippen molar-refractivity contribution in [1.29, 1.82) is 0 Å². The number of aryl methyl sites for hydroxylation is 2. The Bertz CT molecular complexity index is 545. The van der Waals surface area contributed by atoms with Crippen LogP contribution in [0.1, 0.15) is 18.4 Å². The summed E-state index contributed by atoms with van der Waals surface area (Å²) in [6, 6.07) is 5.28. The zero-order valence-electron chi connectivity index (χ0n) is 11.3. The summed E-state index contributed by atoms with van der Waals surface area (Å²) in [4.78, 5) is 11.8. The van der Waals surface area contributed by atoms with E-state index in [1.54, 1.807) is 18.0 Å². The summed E-state index contributed by atoms with van der Waals surface area (Å²) in [6.45, 7) is 3.80. The van der Waals surface area contributed by atoms with E-state index >= 15 is 0 Å². The molecule has 19 heavy (non-hydrogen) atoms. The van der Waals surface area contributed by atoms with Gasteiger partial charge in [0.15, 0.2) is 0 Å². The zero-order chi connectivity index (χ0) is 13.8. The SMILES string of the molecule is Cc1cc(NC(=O)N[C@@H](C)Cc2ccco2)n(C)n1. The average Bonchev–Trinajstić information content (AvgIpc) is 2.89. The smallest absolute Gasteiger partial charge is 0.320 e. The first-order chi connectivity index (χ1) is 9.04. The number of nitrogens with one attached hydrogen (secondary N) is 2. The van der Waals surface area contributed by atoms with Crippen molar-refractivity contribution < 1.29 is 9.21 Å². The Hall–Kier alpha value is -2.24. The van der Waals surface area contributed by atoms with Crippen LogP contribution in [0.4, 0.5) is 10.6 Å². The number of rotatable bonds is 4. The van der Waals surface area contributed by atoms with Crippen LogP contribution in [-0.2, 0) is 13.5 Å². The molecular formula is C13H18N4O2. The molecule has 0 aromatic carbocycles. The maximum absolute atomic E-state index is 11.8. The van der Waals surface area contributed by atoms with Crippen molar-refractivity contribution in [3.8, 4) is 0 Å². The van der Waals surface area contributed by atoms with Crippen molar-refractivity contribution in [3.05, 3.63) is 35.9 Å². The van der Waals surface area contributed by atoms with Gasteiger partial charge in [-0.15, -0.1) is 0 Å². The van der Waals surface area contributed by atoms with E-state index < -0.39 is 0 Å². The summed E-state index contributed by atoms with van der Waals surface area (Å²) < 4.78 is 6.87. The summed E-state index contributed by atoms with van der Waals surface area (Å²) in [5, 5.41) is 9.78. The van der Waals surface area contributed by atoms with Gasteiger partial charge >= 0.3 is 6.03 Å². The monoisotopic (exact) mass is 262 g/mol. The quantitative estimate of drug-likeness (QED) is 0.886. The van der Waals surface area contributed by atoms with Crippen molar-refractivity contribution >= 4 is 11.8 Å². The van der Waals surface area contributed by atoms with E-state index in [2.05, 4.69) is 15.7 Å². The number of carbonyl (C=O) groups excluding carboxylic acids is 1. The predicted molar refractivity (Wildman–Crippen MR) is 72.0 cm³/mol. The van der Waals surface area contributed by atoms with Gasteiger partial charge in [-0.1, -0.05) is 0 Å². The molecule has 2 aromatic rings. The maximum atomic E-state index is 11.8. The zero-order valence-corrected chi connectivity index (χ0v) is 11.3. The van der Waals surface area contributed by atoms with Crippen LogP contribution in [0.2, 0.25) is 0 Å². The Labute approximate surface area is 111 Å². The van der Waals surface area contributed by atoms with Crippen LogP contribution in [0, 0.1) is 6.92 Å². The predicted octanol–water partition coefficient (Wildman–Crippen LogP) is 2.07. The van der Waals surface area contributed by atoms with Gasteiger partial charge in [-0.3, -0.25) is 10.00 Å². The molecule has 0 bridgehead atoms. The van der Waals surface area contributed by atoms with E-state index in [0.717, 1.165) is 11.5 Å². The second-order valence-corrected chi connectivity index (χ2v) is 4.58. The molecule has 0 unspecified atom stereocenters. The van der Waals surface area contributed by atoms with Gasteiger partial charge in [0.05, 0.1) is 12.0 Å². The van der Waals surface area contributed by atoms with Crippen LogP contribution >= 0.6 is 0 Å². The number of anilines is 1. The Balaban J connectivity index is 1.85. The molecular weight excluding hydrogens is 244 g/mol. The highest BCUT2D eigenvalue weighted by atomic mass is 16.3. The van der Waals surface area contributed by atoms with Crippen LogP contribution < -0.4 is 10.6 Å². The molecule has 102 valence electrons. The third-order valence-corrected chi connectivity index (χ3v) is 2.71. The van der Waals surface area contributed by atoms with E-state index in [-0.39, 0.29) is 12.1 Å². The first-order valence-corrected chi connectivity index (χ1v) is 6.15. The Morgan fingerprint density at radius 2 is 2.37 bits per heavy atom. The lowest BCUT2D eigenvalue weighted by Gasteiger charge is -2.13. The summed E-state index contributed by atoms with van der Waals surface area (Å²) in [5.74, 6) is 1.52. The number of hydrogen-bond donors (Lipinski definition) is 2. The third-order valence-electron chi connectivity index (χ3n) is 2.71. The molecule has 0 fully saturated rings. The largest absolute Gasteiger partial charge is 0.469 e. The molecule has 0 radical (unpaired) electrons. The van der Waals surface area contributed by atoms with Crippen LogP contribution in [0.3, 0.4) is 0 Å². The molecule has 2 aromatic heterocycles. The highest BCUT2D eigenvalue weighted by Gasteiger charge is 2.11. The fourth-order valence-electron chi connectivity index (χ4n) is 1.89. The molecule has 0 aliphatic heterocycles. The highest BCUT2D eigenvalue weighted by molar-refractivity contribution is 5.88. The normalized spacial score (nSPS) is 12.2. The van der Waals surface area contributed by atoms with Gasteiger partial charge in [-0.05, 0) is 26.0 Å². The molecule has 0 spiro atoms. The Morgan fingerprint density at radius 3 is 2.95 bits per heavy atom. The molecule has 0 aliphatic carbocycles. The maximum Gasteiger partial charge on any atom is 0.320 e. The van der Waals surface area contributed by atoms with Crippen LogP contribution in [0.25, 0.3) is 0 Å². The van der Waals surface area contributed by atoms with E-state index in [1.807, 2.05) is 32.0 Å². The van der Waals surface area contributed by atoms with Gasteiger partial charge in [0.1, 0.15) is 11.6 Å². The second-order valence-electron chi connectivity index (χ2n) is 4.58. The molecule has 2 rings (SSSR count). The first-order valence-electron chi connectivity index (χ1n) is 6.15. The number of aromatic nitrogens is 2. The Morgan fingerprint density at radius 1 is 1.58 bits per heavy atom. The number of carbonyl (C=O) groups is 1. The van der Waals surface area contributed by atoms with Crippen molar-refractivity contribution in [2.75, 3.05) is 5.32 Å². The molecule has 2 amide bonds.